The van der Waals surface area contributed by atoms with E-state index in [1.54, 1.807) is 38.3 Å². The van der Waals surface area contributed by atoms with Crippen LogP contribution < -0.4 is 4.74 Å². The number of alkyl halides is 3. The van der Waals surface area contributed by atoms with E-state index in [2.05, 4.69) is 30.4 Å². The van der Waals surface area contributed by atoms with Gasteiger partial charge in [0.05, 0.1) is 25.4 Å². The Morgan fingerprint density at radius 3 is 1.98 bits per heavy atom. The second-order valence-electron chi connectivity index (χ2n) is 9.90. The predicted octanol–water partition coefficient (Wildman–Crippen LogP) is 6.85. The minimum Gasteiger partial charge on any atom is -0.497 e. The fourth-order valence-corrected chi connectivity index (χ4v) is 4.56. The maximum Gasteiger partial charge on any atom is 0.416 e. The van der Waals surface area contributed by atoms with Gasteiger partial charge in [0.15, 0.2) is 23.3 Å². The third kappa shape index (κ3) is 7.25. The van der Waals surface area contributed by atoms with Crippen molar-refractivity contribution in [3.8, 4) is 51.3 Å². The zero-order chi connectivity index (χ0) is 32.0. The van der Waals surface area contributed by atoms with Crippen LogP contribution in [0.5, 0.6) is 5.75 Å². The summed E-state index contributed by atoms with van der Waals surface area (Å²) < 4.78 is 42.9. The Balaban J connectivity index is 0.000000178. The summed E-state index contributed by atoms with van der Waals surface area (Å²) >= 11 is 0. The summed E-state index contributed by atoms with van der Waals surface area (Å²) in [5, 5.41) is 33.2. The molecular formula is C33H29F3N6O3. The highest BCUT2D eigenvalue weighted by atomic mass is 19.4. The van der Waals surface area contributed by atoms with Crippen LogP contribution in [0.4, 0.5) is 13.2 Å². The van der Waals surface area contributed by atoms with E-state index in [0.29, 0.717) is 40.0 Å². The summed E-state index contributed by atoms with van der Waals surface area (Å²) in [6, 6.07) is 27.0. The van der Waals surface area contributed by atoms with Gasteiger partial charge in [-0.15, -0.1) is 0 Å². The van der Waals surface area contributed by atoms with Crippen molar-refractivity contribution in [1.29, 1.82) is 0 Å². The number of aromatic amines is 2. The van der Waals surface area contributed by atoms with Gasteiger partial charge in [0.2, 0.25) is 0 Å². The third-order valence-electron chi connectivity index (χ3n) is 6.88. The lowest BCUT2D eigenvalue weighted by Gasteiger charge is -2.08. The molecule has 6 rings (SSSR count). The molecule has 4 aromatic carbocycles. The summed E-state index contributed by atoms with van der Waals surface area (Å²) in [4.78, 5) is 8.83. The number of benzene rings is 4. The van der Waals surface area contributed by atoms with E-state index < -0.39 is 17.8 Å². The van der Waals surface area contributed by atoms with Crippen LogP contribution in [0.15, 0.2) is 97.1 Å². The monoisotopic (exact) mass is 614 g/mol. The first kappa shape index (κ1) is 31.1. The van der Waals surface area contributed by atoms with Gasteiger partial charge in [-0.25, -0.2) is 9.97 Å². The van der Waals surface area contributed by atoms with Crippen LogP contribution in [0.25, 0.3) is 45.6 Å². The van der Waals surface area contributed by atoms with Crippen molar-refractivity contribution < 1.29 is 28.1 Å². The molecule has 4 N–H and O–H groups in total. The van der Waals surface area contributed by atoms with Crippen molar-refractivity contribution in [2.45, 2.75) is 25.8 Å². The molecule has 1 unspecified atom stereocenters. The Hall–Kier alpha value is -5.33. The highest BCUT2D eigenvalue weighted by molar-refractivity contribution is 5.66. The number of rotatable bonds is 7. The second kappa shape index (κ2) is 13.5. The second-order valence-corrected chi connectivity index (χ2v) is 9.90. The molecule has 12 heteroatoms. The minimum absolute atomic E-state index is 0.146. The molecule has 0 amide bonds. The van der Waals surface area contributed by atoms with Crippen LogP contribution in [-0.2, 0) is 12.8 Å². The van der Waals surface area contributed by atoms with Crippen molar-refractivity contribution in [3.05, 3.63) is 114 Å². The number of methoxy groups -OCH3 is 1. The van der Waals surface area contributed by atoms with E-state index in [9.17, 15) is 23.4 Å². The first-order chi connectivity index (χ1) is 21.7. The molecule has 1 atom stereocenters. The zero-order valence-electron chi connectivity index (χ0n) is 24.2. The lowest BCUT2D eigenvalue weighted by molar-refractivity contribution is -0.137. The van der Waals surface area contributed by atoms with Gasteiger partial charge < -0.3 is 14.9 Å². The molecule has 0 saturated heterocycles. The molecule has 0 saturated carbocycles. The summed E-state index contributed by atoms with van der Waals surface area (Å²) in [5.74, 6) is 2.72. The molecule has 0 aliphatic heterocycles. The fraction of sp³-hybridized carbons (Fsp3) is 0.152. The van der Waals surface area contributed by atoms with Crippen molar-refractivity contribution in [1.82, 2.24) is 30.4 Å². The van der Waals surface area contributed by atoms with E-state index in [4.69, 9.17) is 4.74 Å². The molecule has 0 aliphatic carbocycles. The predicted molar refractivity (Wildman–Crippen MR) is 163 cm³/mol. The van der Waals surface area contributed by atoms with Crippen LogP contribution >= 0.6 is 0 Å². The number of nitrogens with one attached hydrogen (secondary N) is 2. The minimum atomic E-state index is -4.37. The number of hydrogen-bond acceptors (Lipinski definition) is 7. The Kier molecular flexibility index (Phi) is 9.36. The van der Waals surface area contributed by atoms with Gasteiger partial charge in [-0.2, -0.15) is 23.4 Å². The van der Waals surface area contributed by atoms with Gasteiger partial charge in [0.25, 0.3) is 0 Å². The van der Waals surface area contributed by atoms with Crippen molar-refractivity contribution in [2.24, 2.45) is 0 Å². The van der Waals surface area contributed by atoms with E-state index in [-0.39, 0.29) is 6.61 Å². The SMILES string of the molecule is COc1cccc(-c2n[nH]c(-c3ccccc3C(C)O)n2)c1.OCc1ccccc1-c1nc(-c2ccc(C(F)(F)F)cc2)n[nH]1. The van der Waals surface area contributed by atoms with Crippen molar-refractivity contribution >= 4 is 0 Å². The lowest BCUT2D eigenvalue weighted by atomic mass is 10.0. The number of nitrogens with zero attached hydrogens (tertiary/aromatic N) is 4. The quantitative estimate of drug-likeness (QED) is 0.155. The van der Waals surface area contributed by atoms with E-state index in [0.717, 1.165) is 34.6 Å². The van der Waals surface area contributed by atoms with E-state index in [1.807, 2.05) is 48.5 Å². The number of H-pyrrole nitrogens is 2. The fourth-order valence-electron chi connectivity index (χ4n) is 4.56. The van der Waals surface area contributed by atoms with Gasteiger partial charge in [0.1, 0.15) is 5.75 Å². The Morgan fingerprint density at radius 1 is 0.756 bits per heavy atom. The topological polar surface area (TPSA) is 133 Å². The van der Waals surface area contributed by atoms with Gasteiger partial charge in [-0.1, -0.05) is 72.8 Å². The number of aliphatic hydroxyl groups excluding tert-OH is 2. The lowest BCUT2D eigenvalue weighted by Crippen LogP contribution is -2.04. The summed E-state index contributed by atoms with van der Waals surface area (Å²) in [6.45, 7) is 1.59. The maximum absolute atomic E-state index is 12.6. The zero-order valence-corrected chi connectivity index (χ0v) is 24.2. The highest BCUT2D eigenvalue weighted by Gasteiger charge is 2.30. The largest absolute Gasteiger partial charge is 0.497 e. The Bertz CT molecular complexity index is 1870. The average molecular weight is 615 g/mol. The van der Waals surface area contributed by atoms with Crippen LogP contribution in [-0.4, -0.2) is 47.7 Å². The Morgan fingerprint density at radius 2 is 1.36 bits per heavy atom. The number of aliphatic hydroxyl groups is 2. The van der Waals surface area contributed by atoms with Crippen molar-refractivity contribution in [3.63, 3.8) is 0 Å². The first-order valence-corrected chi connectivity index (χ1v) is 13.8. The third-order valence-corrected chi connectivity index (χ3v) is 6.88. The first-order valence-electron chi connectivity index (χ1n) is 13.8. The molecule has 2 aromatic heterocycles. The molecule has 6 aromatic rings. The number of hydrogen-bond donors (Lipinski definition) is 4. The number of aromatic nitrogens is 6. The Labute approximate surface area is 256 Å². The molecule has 2 heterocycles. The standard InChI is InChI=1S/C17H17N3O2.C16H12F3N3O/c1-11(21)14-8-3-4-9-15(14)17-18-16(19-20-17)12-6-5-7-13(10-12)22-2;17-16(18,19)12-7-5-10(6-8-12)14-20-15(22-21-14)13-4-2-1-3-11(13)9-23/h3-11,21H,1-2H3,(H,18,19,20);1-8,23H,9H2,(H,20,21,22). The summed E-state index contributed by atoms with van der Waals surface area (Å²) in [7, 11) is 1.63. The molecule has 45 heavy (non-hydrogen) atoms. The molecular weight excluding hydrogens is 585 g/mol. The van der Waals surface area contributed by atoms with Gasteiger partial charge in [-0.05, 0) is 42.3 Å². The van der Waals surface area contributed by atoms with Gasteiger partial charge >= 0.3 is 6.18 Å². The molecule has 0 aliphatic rings. The van der Waals surface area contributed by atoms with Crippen LogP contribution in [0.1, 0.15) is 29.7 Å². The normalized spacial score (nSPS) is 11.9. The molecule has 0 radical (unpaired) electrons. The van der Waals surface area contributed by atoms with Crippen molar-refractivity contribution in [2.75, 3.05) is 7.11 Å². The smallest absolute Gasteiger partial charge is 0.416 e. The molecule has 9 nitrogen and oxygen atoms in total. The van der Waals surface area contributed by atoms with Gasteiger partial charge in [-0.3, -0.25) is 10.2 Å². The van der Waals surface area contributed by atoms with E-state index in [1.165, 1.54) is 12.1 Å². The highest BCUT2D eigenvalue weighted by Crippen LogP contribution is 2.31. The molecule has 230 valence electrons. The molecule has 0 spiro atoms. The summed E-state index contributed by atoms with van der Waals surface area (Å²) in [6.07, 6.45) is -4.94. The molecule has 0 bridgehead atoms. The summed E-state index contributed by atoms with van der Waals surface area (Å²) in [5.41, 5.74) is 3.67. The number of halogens is 3. The average Bonchev–Trinajstić information content (AvgIpc) is 3.76. The van der Waals surface area contributed by atoms with Crippen LogP contribution in [0.3, 0.4) is 0 Å². The molecule has 0 fully saturated rings. The maximum atomic E-state index is 12.6. The number of ether oxygens (including phenoxy) is 1. The van der Waals surface area contributed by atoms with E-state index >= 15 is 0 Å². The van der Waals surface area contributed by atoms with Crippen LogP contribution in [0.2, 0.25) is 0 Å². The van der Waals surface area contributed by atoms with Crippen LogP contribution in [0, 0.1) is 0 Å². The van der Waals surface area contributed by atoms with Gasteiger partial charge in [0, 0.05) is 22.3 Å².